The van der Waals surface area contributed by atoms with Gasteiger partial charge in [0.25, 0.3) is 0 Å². The largest absolute Gasteiger partial charge is 0.508 e. The van der Waals surface area contributed by atoms with Crippen molar-refractivity contribution in [3.05, 3.63) is 29.3 Å². The van der Waals surface area contributed by atoms with Gasteiger partial charge in [-0.25, -0.2) is 0 Å². The second kappa shape index (κ2) is 6.06. The number of hydrogen-bond donors (Lipinski definition) is 2. The quantitative estimate of drug-likeness (QED) is 0.820. The fourth-order valence-corrected chi connectivity index (χ4v) is 1.98. The van der Waals surface area contributed by atoms with Crippen LogP contribution in [-0.2, 0) is 0 Å². The topological polar surface area (TPSA) is 40.5 Å². The Morgan fingerprint density at radius 1 is 1.12 bits per heavy atom. The van der Waals surface area contributed by atoms with Crippen molar-refractivity contribution in [2.75, 3.05) is 0 Å². The highest BCUT2D eigenvalue weighted by Gasteiger charge is 2.14. The van der Waals surface area contributed by atoms with Crippen molar-refractivity contribution in [1.29, 1.82) is 0 Å². The lowest BCUT2D eigenvalue weighted by atomic mass is 9.91. The Balaban J connectivity index is 2.61. The molecule has 0 saturated heterocycles. The van der Waals surface area contributed by atoms with Gasteiger partial charge in [-0.15, -0.1) is 0 Å². The van der Waals surface area contributed by atoms with Crippen LogP contribution in [-0.4, -0.2) is 16.3 Å². The van der Waals surface area contributed by atoms with E-state index in [1.807, 2.05) is 32.9 Å². The molecular weight excluding hydrogens is 212 g/mol. The molecular formula is C15H24O2. The second-order valence-corrected chi connectivity index (χ2v) is 5.35. The van der Waals surface area contributed by atoms with Gasteiger partial charge < -0.3 is 10.2 Å². The molecule has 0 bridgehead atoms. The monoisotopic (exact) mass is 236 g/mol. The van der Waals surface area contributed by atoms with Gasteiger partial charge in [0.15, 0.2) is 0 Å². The normalized spacial score (nSPS) is 14.9. The molecule has 0 spiro atoms. The molecule has 2 heteroatoms. The van der Waals surface area contributed by atoms with Gasteiger partial charge >= 0.3 is 0 Å². The number of phenolic OH excluding ortho intramolecular Hbond substituents is 1. The van der Waals surface area contributed by atoms with E-state index in [-0.39, 0.29) is 12.0 Å². The second-order valence-electron chi connectivity index (χ2n) is 5.35. The SMILES string of the molecule is Cc1ccc([C@H](C)CCC(O)C(C)C)c(O)c1. The summed E-state index contributed by atoms with van der Waals surface area (Å²) in [5.41, 5.74) is 2.05. The lowest BCUT2D eigenvalue weighted by Crippen LogP contribution is -2.15. The maximum absolute atomic E-state index is 9.87. The number of hydrogen-bond acceptors (Lipinski definition) is 2. The first-order chi connectivity index (χ1) is 7.91. The first-order valence-corrected chi connectivity index (χ1v) is 6.39. The van der Waals surface area contributed by atoms with Crippen molar-refractivity contribution in [2.45, 2.75) is 52.6 Å². The average Bonchev–Trinajstić information content (AvgIpc) is 2.25. The summed E-state index contributed by atoms with van der Waals surface area (Å²) in [6, 6.07) is 5.80. The minimum absolute atomic E-state index is 0.245. The minimum Gasteiger partial charge on any atom is -0.508 e. The minimum atomic E-state index is -0.245. The third-order valence-corrected chi connectivity index (χ3v) is 3.38. The summed E-state index contributed by atoms with van der Waals surface area (Å²) in [6.07, 6.45) is 1.44. The fraction of sp³-hybridized carbons (Fsp3) is 0.600. The highest BCUT2D eigenvalue weighted by molar-refractivity contribution is 5.38. The average molecular weight is 236 g/mol. The standard InChI is InChI=1S/C15H24O2/c1-10(2)14(16)8-6-12(4)13-7-5-11(3)9-15(13)17/h5,7,9-10,12,14,16-17H,6,8H2,1-4H3/t12-,14?/m1/s1. The lowest BCUT2D eigenvalue weighted by Gasteiger charge is -2.18. The van der Waals surface area contributed by atoms with Crippen molar-refractivity contribution in [3.63, 3.8) is 0 Å². The summed E-state index contributed by atoms with van der Waals surface area (Å²) >= 11 is 0. The molecule has 2 atom stereocenters. The number of phenols is 1. The zero-order valence-electron chi connectivity index (χ0n) is 11.3. The van der Waals surface area contributed by atoms with Gasteiger partial charge in [-0.05, 0) is 48.8 Å². The summed E-state index contributed by atoms with van der Waals surface area (Å²) in [7, 11) is 0. The van der Waals surface area contributed by atoms with E-state index in [2.05, 4.69) is 6.92 Å². The first kappa shape index (κ1) is 14.0. The fourth-order valence-electron chi connectivity index (χ4n) is 1.98. The van der Waals surface area contributed by atoms with Gasteiger partial charge in [0.05, 0.1) is 6.10 Å². The van der Waals surface area contributed by atoms with Crippen molar-refractivity contribution in [3.8, 4) is 5.75 Å². The Kier molecular flexibility index (Phi) is 5.01. The molecule has 0 aliphatic rings. The van der Waals surface area contributed by atoms with Gasteiger partial charge in [-0.2, -0.15) is 0 Å². The van der Waals surface area contributed by atoms with E-state index in [1.54, 1.807) is 6.07 Å². The molecule has 0 saturated carbocycles. The van der Waals surface area contributed by atoms with Crippen LogP contribution in [0.4, 0.5) is 0 Å². The molecule has 96 valence electrons. The van der Waals surface area contributed by atoms with Crippen molar-refractivity contribution in [2.24, 2.45) is 5.92 Å². The van der Waals surface area contributed by atoms with Gasteiger partial charge in [0, 0.05) is 0 Å². The molecule has 1 aromatic rings. The first-order valence-electron chi connectivity index (χ1n) is 6.39. The molecule has 0 heterocycles. The van der Waals surface area contributed by atoms with E-state index in [0.717, 1.165) is 24.0 Å². The third-order valence-electron chi connectivity index (χ3n) is 3.38. The number of rotatable bonds is 5. The highest BCUT2D eigenvalue weighted by atomic mass is 16.3. The van der Waals surface area contributed by atoms with Gasteiger partial charge in [-0.3, -0.25) is 0 Å². The van der Waals surface area contributed by atoms with E-state index in [4.69, 9.17) is 0 Å². The molecule has 2 nitrogen and oxygen atoms in total. The van der Waals surface area contributed by atoms with Gasteiger partial charge in [0.2, 0.25) is 0 Å². The Bertz CT molecular complexity index is 358. The molecule has 17 heavy (non-hydrogen) atoms. The molecule has 0 aliphatic heterocycles. The van der Waals surface area contributed by atoms with Crippen molar-refractivity contribution >= 4 is 0 Å². The molecule has 1 aromatic carbocycles. The Hall–Kier alpha value is -1.02. The summed E-state index contributed by atoms with van der Waals surface area (Å²) in [5.74, 6) is 0.953. The molecule has 0 amide bonds. The van der Waals surface area contributed by atoms with E-state index in [0.29, 0.717) is 11.7 Å². The number of aliphatic hydroxyl groups is 1. The molecule has 1 unspecified atom stereocenters. The summed E-state index contributed by atoms with van der Waals surface area (Å²) in [5, 5.41) is 19.6. The van der Waals surface area contributed by atoms with Crippen LogP contribution < -0.4 is 0 Å². The number of aliphatic hydroxyl groups excluding tert-OH is 1. The molecule has 0 radical (unpaired) electrons. The van der Waals surface area contributed by atoms with Crippen LogP contribution in [0.3, 0.4) is 0 Å². The zero-order chi connectivity index (χ0) is 13.0. The van der Waals surface area contributed by atoms with Crippen LogP contribution in [0.1, 0.15) is 50.7 Å². The van der Waals surface area contributed by atoms with E-state index >= 15 is 0 Å². The lowest BCUT2D eigenvalue weighted by molar-refractivity contribution is 0.112. The number of aromatic hydroxyl groups is 1. The smallest absolute Gasteiger partial charge is 0.119 e. The predicted molar refractivity (Wildman–Crippen MR) is 71.3 cm³/mol. The summed E-state index contributed by atoms with van der Waals surface area (Å²) in [4.78, 5) is 0. The molecule has 1 rings (SSSR count). The van der Waals surface area contributed by atoms with Gasteiger partial charge in [0.1, 0.15) is 5.75 Å². The third kappa shape index (κ3) is 4.04. The predicted octanol–water partition coefficient (Wildman–Crippen LogP) is 3.60. The molecule has 2 N–H and O–H groups in total. The van der Waals surface area contributed by atoms with Crippen LogP contribution >= 0.6 is 0 Å². The number of aryl methyl sites for hydroxylation is 1. The Labute approximate surface area is 104 Å². The van der Waals surface area contributed by atoms with Crippen LogP contribution in [0, 0.1) is 12.8 Å². The van der Waals surface area contributed by atoms with E-state index < -0.39 is 0 Å². The van der Waals surface area contributed by atoms with Crippen LogP contribution in [0.15, 0.2) is 18.2 Å². The van der Waals surface area contributed by atoms with E-state index in [9.17, 15) is 10.2 Å². The van der Waals surface area contributed by atoms with Crippen LogP contribution in [0.5, 0.6) is 5.75 Å². The Morgan fingerprint density at radius 2 is 1.76 bits per heavy atom. The van der Waals surface area contributed by atoms with Gasteiger partial charge in [-0.1, -0.05) is 32.9 Å². The summed E-state index contributed by atoms with van der Waals surface area (Å²) < 4.78 is 0. The molecule has 0 fully saturated rings. The Morgan fingerprint density at radius 3 is 2.29 bits per heavy atom. The van der Waals surface area contributed by atoms with Crippen molar-refractivity contribution in [1.82, 2.24) is 0 Å². The molecule has 0 aliphatic carbocycles. The highest BCUT2D eigenvalue weighted by Crippen LogP contribution is 2.30. The molecule has 0 aromatic heterocycles. The number of benzene rings is 1. The maximum Gasteiger partial charge on any atom is 0.119 e. The summed E-state index contributed by atoms with van der Waals surface area (Å²) in [6.45, 7) is 8.12. The van der Waals surface area contributed by atoms with Crippen molar-refractivity contribution < 1.29 is 10.2 Å². The van der Waals surface area contributed by atoms with Crippen LogP contribution in [0.2, 0.25) is 0 Å². The maximum atomic E-state index is 9.87. The van der Waals surface area contributed by atoms with E-state index in [1.165, 1.54) is 0 Å². The van der Waals surface area contributed by atoms with Crippen LogP contribution in [0.25, 0.3) is 0 Å². The zero-order valence-corrected chi connectivity index (χ0v) is 11.3.